The number of amides is 1. The van der Waals surface area contributed by atoms with Crippen molar-refractivity contribution >= 4 is 40.9 Å². The lowest BCUT2D eigenvalue weighted by atomic mass is 10.1. The zero-order chi connectivity index (χ0) is 16.2. The molecule has 1 aliphatic carbocycles. The first kappa shape index (κ1) is 16.0. The maximum atomic E-state index is 12.1. The highest BCUT2D eigenvalue weighted by Crippen LogP contribution is 2.30. The molecule has 118 valence electrons. The summed E-state index contributed by atoms with van der Waals surface area (Å²) in [6.07, 6.45) is 1.89. The molecule has 1 aromatic heterocycles. The van der Waals surface area contributed by atoms with Gasteiger partial charge in [-0.1, -0.05) is 23.4 Å². The van der Waals surface area contributed by atoms with Gasteiger partial charge in [0, 0.05) is 16.5 Å². The summed E-state index contributed by atoms with van der Waals surface area (Å²) in [5.41, 5.74) is 0.614. The number of aromatic nitrogens is 2. The molecule has 7 heteroatoms. The summed E-state index contributed by atoms with van der Waals surface area (Å²) in [6.45, 7) is 0. The molecule has 23 heavy (non-hydrogen) atoms. The Morgan fingerprint density at radius 1 is 1.13 bits per heavy atom. The van der Waals surface area contributed by atoms with Gasteiger partial charge in [0.1, 0.15) is 5.03 Å². The van der Waals surface area contributed by atoms with Gasteiger partial charge in [-0.25, -0.2) is 0 Å². The van der Waals surface area contributed by atoms with Crippen LogP contribution in [0.5, 0.6) is 0 Å². The monoisotopic (exact) mass is 347 g/mol. The predicted molar refractivity (Wildman–Crippen MR) is 89.9 cm³/mol. The van der Waals surface area contributed by atoms with Crippen LogP contribution in [0.15, 0.2) is 41.4 Å². The highest BCUT2D eigenvalue weighted by molar-refractivity contribution is 7.99. The molecule has 1 N–H and O–H groups in total. The Kier molecular flexibility index (Phi) is 4.93. The Morgan fingerprint density at radius 2 is 1.87 bits per heavy atom. The molecule has 1 fully saturated rings. The molecule has 1 aliphatic rings. The van der Waals surface area contributed by atoms with Gasteiger partial charge in [-0.15, -0.1) is 10.2 Å². The maximum Gasteiger partial charge on any atom is 0.228 e. The summed E-state index contributed by atoms with van der Waals surface area (Å²) < 4.78 is 0. The lowest BCUT2D eigenvalue weighted by Crippen LogP contribution is -2.14. The zero-order valence-corrected chi connectivity index (χ0v) is 13.7. The third-order valence-electron chi connectivity index (χ3n) is 3.36. The minimum Gasteiger partial charge on any atom is -0.309 e. The largest absolute Gasteiger partial charge is 0.309 e. The van der Waals surface area contributed by atoms with Gasteiger partial charge in [-0.05, 0) is 49.2 Å². The van der Waals surface area contributed by atoms with Gasteiger partial charge in [0.2, 0.25) is 5.91 Å². The number of anilines is 1. The van der Waals surface area contributed by atoms with E-state index in [1.807, 2.05) is 0 Å². The molecule has 3 rings (SSSR count). The highest BCUT2D eigenvalue weighted by Gasteiger charge is 2.29. The van der Waals surface area contributed by atoms with E-state index in [4.69, 9.17) is 11.6 Å². The highest BCUT2D eigenvalue weighted by atomic mass is 35.5. The first-order valence-corrected chi connectivity index (χ1v) is 8.54. The molecule has 1 heterocycles. The SMILES string of the molecule is O=C(CSc1ccc(NC(=O)C2CC2)nn1)c1ccc(Cl)cc1. The minimum atomic E-state index is -0.00220. The number of rotatable bonds is 6. The van der Waals surface area contributed by atoms with Gasteiger partial charge >= 0.3 is 0 Å². The standard InChI is InChI=1S/C16H14ClN3O2S/c17-12-5-3-10(4-6-12)13(21)9-23-15-8-7-14(19-20-15)18-16(22)11-1-2-11/h3-8,11H,1-2,9H2,(H,18,19,22). The van der Waals surface area contributed by atoms with Crippen molar-refractivity contribution in [2.24, 2.45) is 5.92 Å². The molecular weight excluding hydrogens is 334 g/mol. The van der Waals surface area contributed by atoms with Gasteiger partial charge in [0.05, 0.1) is 5.75 Å². The van der Waals surface area contributed by atoms with Crippen molar-refractivity contribution in [2.45, 2.75) is 17.9 Å². The molecule has 5 nitrogen and oxygen atoms in total. The number of carbonyl (C=O) groups is 2. The van der Waals surface area contributed by atoms with E-state index in [0.717, 1.165) is 12.8 Å². The van der Waals surface area contributed by atoms with E-state index in [1.54, 1.807) is 36.4 Å². The van der Waals surface area contributed by atoms with Gasteiger partial charge in [0.25, 0.3) is 0 Å². The molecule has 1 amide bonds. The van der Waals surface area contributed by atoms with Crippen LogP contribution in [0.25, 0.3) is 0 Å². The van der Waals surface area contributed by atoms with E-state index in [2.05, 4.69) is 15.5 Å². The van der Waals surface area contributed by atoms with Crippen molar-refractivity contribution in [1.29, 1.82) is 0 Å². The normalized spacial score (nSPS) is 13.6. The predicted octanol–water partition coefficient (Wildman–Crippen LogP) is 3.45. The van der Waals surface area contributed by atoms with E-state index < -0.39 is 0 Å². The van der Waals surface area contributed by atoms with Crippen LogP contribution < -0.4 is 5.32 Å². The van der Waals surface area contributed by atoms with E-state index in [-0.39, 0.29) is 23.4 Å². The van der Waals surface area contributed by atoms with E-state index in [0.29, 0.717) is 21.4 Å². The third-order valence-corrected chi connectivity index (χ3v) is 4.53. The molecular formula is C16H14ClN3O2S. The summed E-state index contributed by atoms with van der Waals surface area (Å²) in [5.74, 6) is 0.833. The average Bonchev–Trinajstić information content (AvgIpc) is 3.39. The molecule has 1 aromatic carbocycles. The number of halogens is 1. The minimum absolute atomic E-state index is 0.000389. The Balaban J connectivity index is 1.52. The fourth-order valence-corrected chi connectivity index (χ4v) is 2.73. The van der Waals surface area contributed by atoms with Crippen LogP contribution in [0.4, 0.5) is 5.82 Å². The van der Waals surface area contributed by atoms with Crippen LogP contribution in [0, 0.1) is 5.92 Å². The average molecular weight is 348 g/mol. The van der Waals surface area contributed by atoms with Crippen molar-refractivity contribution in [2.75, 3.05) is 11.1 Å². The third kappa shape index (κ3) is 4.53. The van der Waals surface area contributed by atoms with Crippen molar-refractivity contribution in [3.8, 4) is 0 Å². The van der Waals surface area contributed by atoms with Crippen LogP contribution in [0.2, 0.25) is 5.02 Å². The second-order valence-electron chi connectivity index (χ2n) is 5.24. The zero-order valence-electron chi connectivity index (χ0n) is 12.2. The number of thioether (sulfide) groups is 1. The summed E-state index contributed by atoms with van der Waals surface area (Å²) in [5, 5.41) is 11.9. The van der Waals surface area contributed by atoms with E-state index in [1.165, 1.54) is 11.8 Å². The Hall–Kier alpha value is -1.92. The Bertz CT molecular complexity index is 715. The maximum absolute atomic E-state index is 12.1. The summed E-state index contributed by atoms with van der Waals surface area (Å²) in [4.78, 5) is 23.7. The van der Waals surface area contributed by atoms with Gasteiger partial charge in [-0.2, -0.15) is 0 Å². The number of benzene rings is 1. The summed E-state index contributed by atoms with van der Waals surface area (Å²) in [6, 6.07) is 10.2. The van der Waals surface area contributed by atoms with Gasteiger partial charge in [0.15, 0.2) is 11.6 Å². The second-order valence-corrected chi connectivity index (χ2v) is 6.67. The lowest BCUT2D eigenvalue weighted by Gasteiger charge is -2.04. The number of nitrogens with zero attached hydrogens (tertiary/aromatic N) is 2. The molecule has 0 spiro atoms. The number of nitrogens with one attached hydrogen (secondary N) is 1. The van der Waals surface area contributed by atoms with Crippen LogP contribution in [-0.4, -0.2) is 27.6 Å². The van der Waals surface area contributed by atoms with Crippen molar-refractivity contribution < 1.29 is 9.59 Å². The van der Waals surface area contributed by atoms with Gasteiger partial charge in [-0.3, -0.25) is 9.59 Å². The number of hydrogen-bond acceptors (Lipinski definition) is 5. The first-order chi connectivity index (χ1) is 11.1. The molecule has 0 unspecified atom stereocenters. The number of carbonyl (C=O) groups excluding carboxylic acids is 2. The first-order valence-electron chi connectivity index (χ1n) is 7.18. The fraction of sp³-hybridized carbons (Fsp3) is 0.250. The van der Waals surface area contributed by atoms with Crippen LogP contribution in [0.3, 0.4) is 0 Å². The van der Waals surface area contributed by atoms with Crippen LogP contribution in [0.1, 0.15) is 23.2 Å². The molecule has 0 radical (unpaired) electrons. The molecule has 0 saturated heterocycles. The van der Waals surface area contributed by atoms with Crippen molar-refractivity contribution in [3.63, 3.8) is 0 Å². The molecule has 1 saturated carbocycles. The van der Waals surface area contributed by atoms with Crippen molar-refractivity contribution in [1.82, 2.24) is 10.2 Å². The topological polar surface area (TPSA) is 72.0 Å². The van der Waals surface area contributed by atoms with Gasteiger partial charge < -0.3 is 5.32 Å². The van der Waals surface area contributed by atoms with Crippen molar-refractivity contribution in [3.05, 3.63) is 47.0 Å². The fourth-order valence-electron chi connectivity index (χ4n) is 1.90. The number of Topliss-reactive ketones (excluding diaryl/α,β-unsaturated/α-hetero) is 1. The van der Waals surface area contributed by atoms with E-state index >= 15 is 0 Å². The lowest BCUT2D eigenvalue weighted by molar-refractivity contribution is -0.117. The van der Waals surface area contributed by atoms with Crippen LogP contribution in [-0.2, 0) is 4.79 Å². The number of hydrogen-bond donors (Lipinski definition) is 1. The number of ketones is 1. The Labute approximate surface area is 142 Å². The smallest absolute Gasteiger partial charge is 0.228 e. The molecule has 0 bridgehead atoms. The summed E-state index contributed by atoms with van der Waals surface area (Å²) in [7, 11) is 0. The molecule has 0 atom stereocenters. The van der Waals surface area contributed by atoms with Crippen LogP contribution >= 0.6 is 23.4 Å². The molecule has 2 aromatic rings. The quantitative estimate of drug-likeness (QED) is 0.640. The summed E-state index contributed by atoms with van der Waals surface area (Å²) >= 11 is 7.10. The van der Waals surface area contributed by atoms with E-state index in [9.17, 15) is 9.59 Å². The second kappa shape index (κ2) is 7.10. The Morgan fingerprint density at radius 3 is 2.48 bits per heavy atom. The molecule has 0 aliphatic heterocycles.